The molecule has 0 saturated carbocycles. The van der Waals surface area contributed by atoms with Gasteiger partial charge in [0.05, 0.1) is 18.1 Å². The van der Waals surface area contributed by atoms with E-state index in [9.17, 15) is 12.8 Å². The summed E-state index contributed by atoms with van der Waals surface area (Å²) in [4.78, 5) is 13.6. The smallest absolute Gasteiger partial charge is 0.243 e. The molecule has 1 aromatic heterocycles. The summed E-state index contributed by atoms with van der Waals surface area (Å²) in [6, 6.07) is 5.71. The highest BCUT2D eigenvalue weighted by Gasteiger charge is 2.30. The molecule has 2 aromatic rings. The van der Waals surface area contributed by atoms with E-state index < -0.39 is 15.8 Å². The second kappa shape index (κ2) is 8.44. The Morgan fingerprint density at radius 1 is 0.933 bits per heavy atom. The van der Waals surface area contributed by atoms with Gasteiger partial charge >= 0.3 is 0 Å². The van der Waals surface area contributed by atoms with E-state index >= 15 is 0 Å². The maximum Gasteiger partial charge on any atom is 0.243 e. The lowest BCUT2D eigenvalue weighted by Crippen LogP contribution is -2.49. The van der Waals surface area contributed by atoms with Crippen molar-refractivity contribution >= 4 is 21.8 Å². The number of rotatable bonds is 4. The maximum absolute atomic E-state index is 13.4. The van der Waals surface area contributed by atoms with Gasteiger partial charge in [0.25, 0.3) is 0 Å². The average molecular weight is 436 g/mol. The molecule has 162 valence electrons. The number of piperazine rings is 1. The minimum atomic E-state index is -3.66. The number of halogens is 1. The van der Waals surface area contributed by atoms with Gasteiger partial charge in [-0.2, -0.15) is 9.29 Å². The molecule has 4 rings (SSSR count). The van der Waals surface area contributed by atoms with Gasteiger partial charge in [0.15, 0.2) is 0 Å². The standard InChI is InChI=1S/C20H26FN5O3S/c1-15-13-17(21)3-4-18(15)30(27,28)26-7-5-24(6-8-26)19-14-16(2)22-20(23-19)25-9-11-29-12-10-25/h3-4,13-14H,5-12H2,1-2H3. The summed E-state index contributed by atoms with van der Waals surface area (Å²) >= 11 is 0. The van der Waals surface area contributed by atoms with Crippen LogP contribution in [0.25, 0.3) is 0 Å². The number of ether oxygens (including phenoxy) is 1. The minimum absolute atomic E-state index is 0.157. The van der Waals surface area contributed by atoms with Crippen LogP contribution in [-0.2, 0) is 14.8 Å². The Balaban J connectivity index is 1.48. The van der Waals surface area contributed by atoms with E-state index in [2.05, 4.69) is 14.8 Å². The highest BCUT2D eigenvalue weighted by Crippen LogP contribution is 2.24. The average Bonchev–Trinajstić information content (AvgIpc) is 2.74. The quantitative estimate of drug-likeness (QED) is 0.722. The van der Waals surface area contributed by atoms with Gasteiger partial charge in [0, 0.05) is 51.0 Å². The molecule has 0 unspecified atom stereocenters. The number of sulfonamides is 1. The van der Waals surface area contributed by atoms with Crippen LogP contribution in [0.2, 0.25) is 0 Å². The van der Waals surface area contributed by atoms with Gasteiger partial charge in [0.2, 0.25) is 16.0 Å². The first-order valence-corrected chi connectivity index (χ1v) is 11.5. The van der Waals surface area contributed by atoms with Crippen LogP contribution in [0.3, 0.4) is 0 Å². The fourth-order valence-electron chi connectivity index (χ4n) is 3.80. The normalized spacial score (nSPS) is 18.6. The topological polar surface area (TPSA) is 78.9 Å². The molecule has 0 N–H and O–H groups in total. The molecule has 0 spiro atoms. The molecular formula is C20H26FN5O3S. The zero-order chi connectivity index (χ0) is 21.3. The number of morpholine rings is 1. The van der Waals surface area contributed by atoms with E-state index in [1.165, 1.54) is 22.5 Å². The van der Waals surface area contributed by atoms with E-state index in [1.54, 1.807) is 6.92 Å². The SMILES string of the molecule is Cc1cc(N2CCN(S(=O)(=O)c3ccc(F)cc3C)CC2)nc(N2CCOCC2)n1. The van der Waals surface area contributed by atoms with Gasteiger partial charge in [-0.15, -0.1) is 0 Å². The van der Waals surface area contributed by atoms with Gasteiger partial charge in [-0.1, -0.05) is 0 Å². The first-order chi connectivity index (χ1) is 14.3. The molecule has 10 heteroatoms. The maximum atomic E-state index is 13.4. The van der Waals surface area contributed by atoms with Crippen LogP contribution < -0.4 is 9.80 Å². The summed E-state index contributed by atoms with van der Waals surface area (Å²) in [5, 5.41) is 0. The van der Waals surface area contributed by atoms with E-state index in [4.69, 9.17) is 9.72 Å². The Kier molecular flexibility index (Phi) is 5.90. The molecule has 2 saturated heterocycles. The molecule has 1 aromatic carbocycles. The predicted octanol–water partition coefficient (Wildman–Crippen LogP) is 1.58. The number of nitrogens with zero attached hydrogens (tertiary/aromatic N) is 5. The Morgan fingerprint density at radius 3 is 2.30 bits per heavy atom. The summed E-state index contributed by atoms with van der Waals surface area (Å²) in [6.07, 6.45) is 0. The van der Waals surface area contributed by atoms with E-state index in [0.717, 1.165) is 24.6 Å². The number of aryl methyl sites for hydroxylation is 2. The molecule has 3 heterocycles. The summed E-state index contributed by atoms with van der Waals surface area (Å²) in [5.74, 6) is 1.05. The molecule has 0 amide bonds. The number of hydrogen-bond acceptors (Lipinski definition) is 7. The Morgan fingerprint density at radius 2 is 1.63 bits per heavy atom. The van der Waals surface area contributed by atoms with Crippen LogP contribution in [0.1, 0.15) is 11.3 Å². The van der Waals surface area contributed by atoms with E-state index in [1.807, 2.05) is 13.0 Å². The van der Waals surface area contributed by atoms with Crippen LogP contribution in [0.15, 0.2) is 29.2 Å². The van der Waals surface area contributed by atoms with Gasteiger partial charge in [0.1, 0.15) is 11.6 Å². The fraction of sp³-hybridized carbons (Fsp3) is 0.500. The Hall–Kier alpha value is -2.30. The fourth-order valence-corrected chi connectivity index (χ4v) is 5.43. The minimum Gasteiger partial charge on any atom is -0.378 e. The zero-order valence-electron chi connectivity index (χ0n) is 17.2. The summed E-state index contributed by atoms with van der Waals surface area (Å²) in [5.41, 5.74) is 1.29. The van der Waals surface area contributed by atoms with Crippen molar-refractivity contribution in [3.63, 3.8) is 0 Å². The Bertz CT molecular complexity index is 1020. The molecular weight excluding hydrogens is 409 g/mol. The molecule has 8 nitrogen and oxygen atoms in total. The highest BCUT2D eigenvalue weighted by atomic mass is 32.2. The molecule has 2 aliphatic heterocycles. The third kappa shape index (κ3) is 4.26. The molecule has 30 heavy (non-hydrogen) atoms. The van der Waals surface area contributed by atoms with Crippen LogP contribution in [0.5, 0.6) is 0 Å². The van der Waals surface area contributed by atoms with Crippen molar-refractivity contribution in [2.45, 2.75) is 18.7 Å². The number of benzene rings is 1. The second-order valence-corrected chi connectivity index (χ2v) is 9.47. The molecule has 2 aliphatic rings. The van der Waals surface area contributed by atoms with E-state index in [-0.39, 0.29) is 4.90 Å². The summed E-state index contributed by atoms with van der Waals surface area (Å²) < 4.78 is 46.3. The largest absolute Gasteiger partial charge is 0.378 e. The van der Waals surface area contributed by atoms with Crippen molar-refractivity contribution in [2.24, 2.45) is 0 Å². The first kappa shape index (κ1) is 21.0. The first-order valence-electron chi connectivity index (χ1n) is 10.0. The molecule has 0 radical (unpaired) electrons. The summed E-state index contributed by atoms with van der Waals surface area (Å²) in [6.45, 7) is 8.12. The second-order valence-electron chi connectivity index (χ2n) is 7.57. The lowest BCUT2D eigenvalue weighted by atomic mass is 10.2. The predicted molar refractivity (Wildman–Crippen MR) is 112 cm³/mol. The van der Waals surface area contributed by atoms with Crippen molar-refractivity contribution in [3.8, 4) is 0 Å². The van der Waals surface area contributed by atoms with Gasteiger partial charge in [-0.3, -0.25) is 0 Å². The number of anilines is 2. The van der Waals surface area contributed by atoms with Crippen LogP contribution in [0, 0.1) is 19.7 Å². The molecule has 2 fully saturated rings. The van der Waals surface area contributed by atoms with Gasteiger partial charge < -0.3 is 14.5 Å². The van der Waals surface area contributed by atoms with Crippen LogP contribution in [0.4, 0.5) is 16.2 Å². The van der Waals surface area contributed by atoms with Crippen LogP contribution >= 0.6 is 0 Å². The van der Waals surface area contributed by atoms with E-state index in [0.29, 0.717) is 50.9 Å². The monoisotopic (exact) mass is 435 g/mol. The van der Waals surface area contributed by atoms with Gasteiger partial charge in [-0.25, -0.2) is 17.8 Å². The van der Waals surface area contributed by atoms with Crippen molar-refractivity contribution in [2.75, 3.05) is 62.3 Å². The van der Waals surface area contributed by atoms with Gasteiger partial charge in [-0.05, 0) is 37.6 Å². The van der Waals surface area contributed by atoms with Crippen molar-refractivity contribution < 1.29 is 17.5 Å². The van der Waals surface area contributed by atoms with Crippen molar-refractivity contribution in [1.82, 2.24) is 14.3 Å². The number of hydrogen-bond donors (Lipinski definition) is 0. The highest BCUT2D eigenvalue weighted by molar-refractivity contribution is 7.89. The van der Waals surface area contributed by atoms with Crippen molar-refractivity contribution in [3.05, 3.63) is 41.3 Å². The molecule has 0 aliphatic carbocycles. The zero-order valence-corrected chi connectivity index (χ0v) is 18.0. The Labute approximate surface area is 176 Å². The molecule has 0 atom stereocenters. The lowest BCUT2D eigenvalue weighted by Gasteiger charge is -2.35. The van der Waals surface area contributed by atoms with Crippen LogP contribution in [-0.4, -0.2) is 75.2 Å². The molecule has 0 bridgehead atoms. The third-order valence-electron chi connectivity index (χ3n) is 5.44. The van der Waals surface area contributed by atoms with Crippen molar-refractivity contribution in [1.29, 1.82) is 0 Å². The number of aromatic nitrogens is 2. The summed E-state index contributed by atoms with van der Waals surface area (Å²) in [7, 11) is -3.66. The lowest BCUT2D eigenvalue weighted by molar-refractivity contribution is 0.122. The third-order valence-corrected chi connectivity index (χ3v) is 7.50.